The van der Waals surface area contributed by atoms with Gasteiger partial charge in [-0.15, -0.1) is 0 Å². The third kappa shape index (κ3) is 2.08. The minimum atomic E-state index is -0.667. The Morgan fingerprint density at radius 2 is 1.95 bits per heavy atom. The summed E-state index contributed by atoms with van der Waals surface area (Å²) in [7, 11) is 0. The molecule has 0 bridgehead atoms. The Hall–Kier alpha value is -2.63. The molecule has 0 unspecified atom stereocenters. The number of nitrogens with zero attached hydrogens (tertiary/aromatic N) is 1. The van der Waals surface area contributed by atoms with Crippen molar-refractivity contribution in [3.8, 4) is 0 Å². The maximum absolute atomic E-state index is 11.7. The highest BCUT2D eigenvalue weighted by atomic mass is 16.2. The second-order valence-electron chi connectivity index (χ2n) is 4.39. The molecule has 2 N–H and O–H groups in total. The van der Waals surface area contributed by atoms with E-state index < -0.39 is 17.8 Å². The van der Waals surface area contributed by atoms with Crippen molar-refractivity contribution in [3.63, 3.8) is 0 Å². The number of aromatic nitrogens is 1. The normalized spacial score (nSPS) is 16.0. The molecule has 0 spiro atoms. The molecule has 2 aromatic rings. The number of fused-ring (bicyclic) bond motifs is 1. The second kappa shape index (κ2) is 4.24. The molecule has 0 atom stereocenters. The summed E-state index contributed by atoms with van der Waals surface area (Å²) in [6.07, 6.45) is -0.286. The molecule has 6 nitrogen and oxygen atoms in total. The van der Waals surface area contributed by atoms with Crippen molar-refractivity contribution in [2.45, 2.75) is 13.0 Å². The molecule has 1 fully saturated rings. The number of barbiturate groups is 1. The molecular weight excluding hydrogens is 246 g/mol. The van der Waals surface area contributed by atoms with Gasteiger partial charge in [-0.2, -0.15) is 0 Å². The average Bonchev–Trinajstić information content (AvgIpc) is 2.76. The first-order valence-corrected chi connectivity index (χ1v) is 5.84. The van der Waals surface area contributed by atoms with Crippen LogP contribution in [0.5, 0.6) is 0 Å². The Labute approximate surface area is 108 Å². The van der Waals surface area contributed by atoms with Crippen molar-refractivity contribution in [1.29, 1.82) is 0 Å². The fourth-order valence-corrected chi connectivity index (χ4v) is 2.13. The van der Waals surface area contributed by atoms with Crippen LogP contribution in [-0.2, 0) is 16.1 Å². The molecule has 1 aliphatic rings. The number of carbonyl (C=O) groups is 3. The van der Waals surface area contributed by atoms with Gasteiger partial charge in [0.05, 0.1) is 6.54 Å². The van der Waals surface area contributed by atoms with Crippen molar-refractivity contribution < 1.29 is 14.4 Å². The number of benzene rings is 1. The number of rotatable bonds is 2. The van der Waals surface area contributed by atoms with Gasteiger partial charge < -0.3 is 4.98 Å². The maximum Gasteiger partial charge on any atom is 0.331 e. The van der Waals surface area contributed by atoms with E-state index in [4.69, 9.17) is 0 Å². The van der Waals surface area contributed by atoms with Gasteiger partial charge in [-0.3, -0.25) is 19.8 Å². The highest BCUT2D eigenvalue weighted by molar-refractivity contribution is 6.14. The monoisotopic (exact) mass is 257 g/mol. The summed E-state index contributed by atoms with van der Waals surface area (Å²) >= 11 is 0. The van der Waals surface area contributed by atoms with Gasteiger partial charge in [0.2, 0.25) is 11.8 Å². The number of nitrogens with one attached hydrogen (secondary N) is 2. The molecule has 2 heterocycles. The number of amides is 4. The lowest BCUT2D eigenvalue weighted by Gasteiger charge is -2.23. The van der Waals surface area contributed by atoms with Gasteiger partial charge in [0.1, 0.15) is 6.42 Å². The Morgan fingerprint density at radius 1 is 1.16 bits per heavy atom. The van der Waals surface area contributed by atoms with E-state index in [1.165, 1.54) is 0 Å². The molecule has 6 heteroatoms. The molecule has 1 saturated heterocycles. The second-order valence-corrected chi connectivity index (χ2v) is 4.39. The van der Waals surface area contributed by atoms with E-state index in [9.17, 15) is 14.4 Å². The van der Waals surface area contributed by atoms with Crippen LogP contribution in [0.1, 0.15) is 12.1 Å². The number of aromatic amines is 1. The molecule has 1 aromatic carbocycles. The predicted octanol–water partition coefficient (Wildman–Crippen LogP) is 1.14. The van der Waals surface area contributed by atoms with E-state index in [1.807, 2.05) is 30.3 Å². The third-order valence-corrected chi connectivity index (χ3v) is 3.02. The van der Waals surface area contributed by atoms with Gasteiger partial charge in [-0.25, -0.2) is 4.79 Å². The summed E-state index contributed by atoms with van der Waals surface area (Å²) in [5, 5.41) is 3.14. The van der Waals surface area contributed by atoms with Gasteiger partial charge in [0, 0.05) is 11.2 Å². The standard InChI is InChI=1S/C13H11N3O3/c17-11-6-12(18)16(13(19)15-11)7-9-5-8-3-1-2-4-10(8)14-9/h1-5,14H,6-7H2,(H,15,17,19). The molecule has 0 aliphatic carbocycles. The first kappa shape index (κ1) is 11.5. The molecule has 19 heavy (non-hydrogen) atoms. The molecular formula is C13H11N3O3. The van der Waals surface area contributed by atoms with Gasteiger partial charge in [0.15, 0.2) is 0 Å². The first-order valence-electron chi connectivity index (χ1n) is 5.84. The van der Waals surface area contributed by atoms with Crippen molar-refractivity contribution in [3.05, 3.63) is 36.0 Å². The number of urea groups is 1. The van der Waals surface area contributed by atoms with Crippen molar-refractivity contribution in [2.75, 3.05) is 0 Å². The minimum absolute atomic E-state index is 0.132. The summed E-state index contributed by atoms with van der Waals surface area (Å²) in [6.45, 7) is 0.132. The predicted molar refractivity (Wildman–Crippen MR) is 67.0 cm³/mol. The topological polar surface area (TPSA) is 82.3 Å². The molecule has 1 aromatic heterocycles. The first-order chi connectivity index (χ1) is 9.13. The average molecular weight is 257 g/mol. The zero-order chi connectivity index (χ0) is 13.4. The summed E-state index contributed by atoms with van der Waals surface area (Å²) in [6, 6.07) is 8.89. The highest BCUT2D eigenvalue weighted by Crippen LogP contribution is 2.17. The van der Waals surface area contributed by atoms with Crippen LogP contribution in [0.4, 0.5) is 4.79 Å². The Bertz CT molecular complexity index is 636. The maximum atomic E-state index is 11.7. The summed E-state index contributed by atoms with van der Waals surface area (Å²) in [5.74, 6) is -1.03. The zero-order valence-electron chi connectivity index (χ0n) is 9.97. The molecule has 1 aliphatic heterocycles. The quantitative estimate of drug-likeness (QED) is 0.791. The van der Waals surface area contributed by atoms with E-state index in [0.29, 0.717) is 0 Å². The fraction of sp³-hybridized carbons (Fsp3) is 0.154. The molecule has 4 amide bonds. The van der Waals surface area contributed by atoms with Crippen LogP contribution in [0.15, 0.2) is 30.3 Å². The van der Waals surface area contributed by atoms with Crippen molar-refractivity contribution >= 4 is 28.7 Å². The lowest BCUT2D eigenvalue weighted by Crippen LogP contribution is -2.52. The minimum Gasteiger partial charge on any atom is -0.357 e. The van der Waals surface area contributed by atoms with Crippen LogP contribution in [0, 0.1) is 0 Å². The molecule has 96 valence electrons. The summed E-state index contributed by atoms with van der Waals surface area (Å²) in [5.41, 5.74) is 1.69. The highest BCUT2D eigenvalue weighted by Gasteiger charge is 2.30. The SMILES string of the molecule is O=C1CC(=O)N(Cc2cc3ccccc3[nH]2)C(=O)N1. The van der Waals surface area contributed by atoms with E-state index >= 15 is 0 Å². The van der Waals surface area contributed by atoms with Gasteiger partial charge in [-0.05, 0) is 17.5 Å². The molecule has 0 saturated carbocycles. The van der Waals surface area contributed by atoms with Crippen LogP contribution in [0.2, 0.25) is 0 Å². The van der Waals surface area contributed by atoms with Gasteiger partial charge >= 0.3 is 6.03 Å². The van der Waals surface area contributed by atoms with E-state index in [0.717, 1.165) is 21.5 Å². The van der Waals surface area contributed by atoms with E-state index in [1.54, 1.807) is 0 Å². The van der Waals surface area contributed by atoms with Crippen LogP contribution in [0.25, 0.3) is 10.9 Å². The number of H-pyrrole nitrogens is 1. The van der Waals surface area contributed by atoms with Crippen molar-refractivity contribution in [2.24, 2.45) is 0 Å². The van der Waals surface area contributed by atoms with Crippen LogP contribution in [-0.4, -0.2) is 27.7 Å². The number of hydrogen-bond acceptors (Lipinski definition) is 3. The molecule has 3 rings (SSSR count). The number of carbonyl (C=O) groups excluding carboxylic acids is 3. The van der Waals surface area contributed by atoms with Gasteiger partial charge in [-0.1, -0.05) is 18.2 Å². The zero-order valence-corrected chi connectivity index (χ0v) is 9.97. The lowest BCUT2D eigenvalue weighted by atomic mass is 10.2. The van der Waals surface area contributed by atoms with Crippen LogP contribution >= 0.6 is 0 Å². The Balaban J connectivity index is 1.86. The number of para-hydroxylation sites is 1. The van der Waals surface area contributed by atoms with E-state index in [2.05, 4.69) is 10.3 Å². The van der Waals surface area contributed by atoms with E-state index in [-0.39, 0.29) is 13.0 Å². The van der Waals surface area contributed by atoms with Crippen LogP contribution in [0.3, 0.4) is 0 Å². The fourth-order valence-electron chi connectivity index (χ4n) is 2.13. The Morgan fingerprint density at radius 3 is 2.68 bits per heavy atom. The third-order valence-electron chi connectivity index (χ3n) is 3.02. The Kier molecular flexibility index (Phi) is 2.56. The lowest BCUT2D eigenvalue weighted by molar-refractivity contribution is -0.136. The smallest absolute Gasteiger partial charge is 0.331 e. The molecule has 0 radical (unpaired) electrons. The largest absolute Gasteiger partial charge is 0.357 e. The van der Waals surface area contributed by atoms with Crippen LogP contribution < -0.4 is 5.32 Å². The number of hydrogen-bond donors (Lipinski definition) is 2. The van der Waals surface area contributed by atoms with Crippen molar-refractivity contribution in [1.82, 2.24) is 15.2 Å². The number of imide groups is 2. The summed E-state index contributed by atoms with van der Waals surface area (Å²) < 4.78 is 0. The van der Waals surface area contributed by atoms with Gasteiger partial charge in [0.25, 0.3) is 0 Å². The summed E-state index contributed by atoms with van der Waals surface area (Å²) in [4.78, 5) is 38.5.